The average Bonchev–Trinajstić information content (AvgIpc) is 3.08. The molecule has 0 unspecified atom stereocenters. The molecule has 0 saturated carbocycles. The first-order valence-electron chi connectivity index (χ1n) is 7.19. The van der Waals surface area contributed by atoms with E-state index in [1.165, 1.54) is 26.4 Å². The number of allylic oxidation sites excluding steroid dienone is 1. The zero-order valence-corrected chi connectivity index (χ0v) is 13.2. The second-order valence-electron chi connectivity index (χ2n) is 5.07. The lowest BCUT2D eigenvalue weighted by Crippen LogP contribution is -1.97. The van der Waals surface area contributed by atoms with Crippen molar-refractivity contribution in [1.82, 2.24) is 0 Å². The summed E-state index contributed by atoms with van der Waals surface area (Å²) in [4.78, 5) is 12.4. The van der Waals surface area contributed by atoms with Crippen molar-refractivity contribution in [2.24, 2.45) is 0 Å². The highest BCUT2D eigenvalue weighted by atomic mass is 16.7. The van der Waals surface area contributed by atoms with Crippen LogP contribution in [0.25, 0.3) is 6.08 Å². The molecule has 0 spiro atoms. The molecular formula is C18H16O6. The van der Waals surface area contributed by atoms with Gasteiger partial charge in [-0.05, 0) is 35.9 Å². The number of methoxy groups -OCH3 is 2. The Labute approximate surface area is 138 Å². The summed E-state index contributed by atoms with van der Waals surface area (Å²) in [6.45, 7) is 0.0681. The number of hydrogen-bond acceptors (Lipinski definition) is 6. The van der Waals surface area contributed by atoms with E-state index in [1.54, 1.807) is 30.3 Å². The molecule has 0 bridgehead atoms. The van der Waals surface area contributed by atoms with Gasteiger partial charge in [0.1, 0.15) is 11.5 Å². The number of aromatic hydroxyl groups is 1. The Bertz CT molecular complexity index is 787. The van der Waals surface area contributed by atoms with Crippen molar-refractivity contribution in [2.75, 3.05) is 21.0 Å². The molecular weight excluding hydrogens is 312 g/mol. The van der Waals surface area contributed by atoms with Crippen molar-refractivity contribution in [1.29, 1.82) is 0 Å². The van der Waals surface area contributed by atoms with Gasteiger partial charge in [-0.25, -0.2) is 0 Å². The molecule has 0 saturated heterocycles. The number of ether oxygens (including phenoxy) is 4. The van der Waals surface area contributed by atoms with Gasteiger partial charge in [-0.15, -0.1) is 0 Å². The van der Waals surface area contributed by atoms with E-state index < -0.39 is 0 Å². The lowest BCUT2D eigenvalue weighted by atomic mass is 10.1. The van der Waals surface area contributed by atoms with E-state index in [0.29, 0.717) is 34.1 Å². The number of hydrogen-bond donors (Lipinski definition) is 1. The molecule has 0 amide bonds. The van der Waals surface area contributed by atoms with Crippen LogP contribution in [0.5, 0.6) is 28.7 Å². The van der Waals surface area contributed by atoms with E-state index in [1.807, 2.05) is 0 Å². The van der Waals surface area contributed by atoms with E-state index in [9.17, 15) is 9.90 Å². The molecule has 1 aliphatic heterocycles. The van der Waals surface area contributed by atoms with E-state index in [2.05, 4.69) is 0 Å². The van der Waals surface area contributed by atoms with Crippen LogP contribution in [0.3, 0.4) is 0 Å². The van der Waals surface area contributed by atoms with Crippen molar-refractivity contribution in [3.63, 3.8) is 0 Å². The molecule has 0 radical (unpaired) electrons. The second kappa shape index (κ2) is 6.54. The van der Waals surface area contributed by atoms with Crippen LogP contribution in [0.15, 0.2) is 36.4 Å². The van der Waals surface area contributed by atoms with Crippen LogP contribution < -0.4 is 18.9 Å². The number of carbonyl (C=O) groups excluding carboxylic acids is 1. The standard InChI is InChI=1S/C18H16O6/c1-21-13-7-12(8-14(9-13)22-2)15(19)4-3-11-5-16(20)18-17(6-11)23-10-24-18/h3-9,20H,10H2,1-2H3/b4-3+. The fourth-order valence-electron chi connectivity index (χ4n) is 2.33. The van der Waals surface area contributed by atoms with Crippen molar-refractivity contribution in [3.05, 3.63) is 47.5 Å². The zero-order chi connectivity index (χ0) is 17.1. The Hall–Kier alpha value is -3.15. The molecule has 0 fully saturated rings. The highest BCUT2D eigenvalue weighted by Gasteiger charge is 2.18. The molecule has 1 N–H and O–H groups in total. The molecule has 2 aromatic carbocycles. The topological polar surface area (TPSA) is 74.2 Å². The van der Waals surface area contributed by atoms with Crippen LogP contribution in [-0.4, -0.2) is 31.9 Å². The van der Waals surface area contributed by atoms with Gasteiger partial charge in [-0.1, -0.05) is 6.08 Å². The lowest BCUT2D eigenvalue weighted by Gasteiger charge is -2.06. The van der Waals surface area contributed by atoms with Crippen molar-refractivity contribution in [2.45, 2.75) is 0 Å². The lowest BCUT2D eigenvalue weighted by molar-refractivity contribution is 0.104. The molecule has 2 aromatic rings. The largest absolute Gasteiger partial charge is 0.504 e. The molecule has 0 atom stereocenters. The number of phenols is 1. The summed E-state index contributed by atoms with van der Waals surface area (Å²) in [5.41, 5.74) is 1.06. The van der Waals surface area contributed by atoms with Gasteiger partial charge >= 0.3 is 0 Å². The summed E-state index contributed by atoms with van der Waals surface area (Å²) < 4.78 is 20.7. The third kappa shape index (κ3) is 3.12. The maximum atomic E-state index is 12.4. The Morgan fingerprint density at radius 3 is 2.46 bits per heavy atom. The fraction of sp³-hybridized carbons (Fsp3) is 0.167. The summed E-state index contributed by atoms with van der Waals surface area (Å²) in [5, 5.41) is 9.87. The van der Waals surface area contributed by atoms with E-state index in [4.69, 9.17) is 18.9 Å². The van der Waals surface area contributed by atoms with Gasteiger partial charge in [0.25, 0.3) is 0 Å². The predicted molar refractivity (Wildman–Crippen MR) is 87.1 cm³/mol. The normalized spacial score (nSPS) is 12.4. The molecule has 24 heavy (non-hydrogen) atoms. The van der Waals surface area contributed by atoms with Crippen LogP contribution in [-0.2, 0) is 0 Å². The maximum Gasteiger partial charge on any atom is 0.231 e. The first kappa shape index (κ1) is 15.7. The molecule has 1 heterocycles. The van der Waals surface area contributed by atoms with E-state index >= 15 is 0 Å². The Balaban J connectivity index is 1.84. The minimum Gasteiger partial charge on any atom is -0.504 e. The Kier molecular flexibility index (Phi) is 4.29. The monoisotopic (exact) mass is 328 g/mol. The summed E-state index contributed by atoms with van der Waals surface area (Å²) in [5.74, 6) is 1.59. The minimum absolute atomic E-state index is 0.0276. The molecule has 1 aliphatic rings. The van der Waals surface area contributed by atoms with Crippen LogP contribution >= 0.6 is 0 Å². The molecule has 0 aromatic heterocycles. The molecule has 3 rings (SSSR count). The molecule has 6 heteroatoms. The maximum absolute atomic E-state index is 12.4. The number of carbonyl (C=O) groups is 1. The number of fused-ring (bicyclic) bond motifs is 1. The first-order chi connectivity index (χ1) is 11.6. The summed E-state index contributed by atoms with van der Waals surface area (Å²) >= 11 is 0. The quantitative estimate of drug-likeness (QED) is 0.672. The second-order valence-corrected chi connectivity index (χ2v) is 5.07. The Morgan fingerprint density at radius 2 is 1.79 bits per heavy atom. The SMILES string of the molecule is COc1cc(OC)cc(C(=O)/C=C/c2cc(O)c3c(c2)OCO3)c1. The van der Waals surface area contributed by atoms with Crippen molar-refractivity contribution < 1.29 is 28.8 Å². The third-order valence-corrected chi connectivity index (χ3v) is 3.54. The van der Waals surface area contributed by atoms with Crippen LogP contribution in [0.4, 0.5) is 0 Å². The smallest absolute Gasteiger partial charge is 0.231 e. The Morgan fingerprint density at radius 1 is 1.08 bits per heavy atom. The van der Waals surface area contributed by atoms with Crippen molar-refractivity contribution in [3.8, 4) is 28.7 Å². The molecule has 0 aliphatic carbocycles. The van der Waals surface area contributed by atoms with Crippen LogP contribution in [0.1, 0.15) is 15.9 Å². The zero-order valence-electron chi connectivity index (χ0n) is 13.2. The number of ketones is 1. The van der Waals surface area contributed by atoms with Gasteiger partial charge in [0, 0.05) is 11.6 Å². The van der Waals surface area contributed by atoms with Crippen LogP contribution in [0, 0.1) is 0 Å². The van der Waals surface area contributed by atoms with Gasteiger partial charge < -0.3 is 24.1 Å². The third-order valence-electron chi connectivity index (χ3n) is 3.54. The van der Waals surface area contributed by atoms with Gasteiger partial charge in [0.2, 0.25) is 12.5 Å². The summed E-state index contributed by atoms with van der Waals surface area (Å²) in [6.07, 6.45) is 3.00. The van der Waals surface area contributed by atoms with E-state index in [-0.39, 0.29) is 18.3 Å². The number of phenolic OH excluding ortho intramolecular Hbond substituents is 1. The highest BCUT2D eigenvalue weighted by molar-refractivity contribution is 6.07. The predicted octanol–water partition coefficient (Wildman–Crippen LogP) is 3.03. The number of rotatable bonds is 5. The van der Waals surface area contributed by atoms with Crippen LogP contribution in [0.2, 0.25) is 0 Å². The van der Waals surface area contributed by atoms with E-state index in [0.717, 1.165) is 0 Å². The fourth-order valence-corrected chi connectivity index (χ4v) is 2.33. The van der Waals surface area contributed by atoms with Gasteiger partial charge in [0.15, 0.2) is 17.3 Å². The van der Waals surface area contributed by atoms with Crippen molar-refractivity contribution >= 4 is 11.9 Å². The highest BCUT2D eigenvalue weighted by Crippen LogP contribution is 2.41. The molecule has 6 nitrogen and oxygen atoms in total. The van der Waals surface area contributed by atoms with Gasteiger partial charge in [-0.3, -0.25) is 4.79 Å². The first-order valence-corrected chi connectivity index (χ1v) is 7.19. The minimum atomic E-state index is -0.218. The molecule has 124 valence electrons. The number of benzene rings is 2. The van der Waals surface area contributed by atoms with Gasteiger partial charge in [-0.2, -0.15) is 0 Å². The van der Waals surface area contributed by atoms with Gasteiger partial charge in [0.05, 0.1) is 14.2 Å². The summed E-state index contributed by atoms with van der Waals surface area (Å²) in [7, 11) is 3.04. The average molecular weight is 328 g/mol. The summed E-state index contributed by atoms with van der Waals surface area (Å²) in [6, 6.07) is 8.15.